The second-order valence-electron chi connectivity index (χ2n) is 6.22. The highest BCUT2D eigenvalue weighted by Crippen LogP contribution is 2.35. The third kappa shape index (κ3) is 3.35. The number of hydrogen-bond acceptors (Lipinski definition) is 5. The first-order valence-corrected chi connectivity index (χ1v) is 9.87. The molecule has 0 saturated carbocycles. The Balaban J connectivity index is 2.09. The van der Waals surface area contributed by atoms with Gasteiger partial charge in [-0.1, -0.05) is 6.92 Å². The van der Waals surface area contributed by atoms with Gasteiger partial charge in [0.25, 0.3) is 0 Å². The van der Waals surface area contributed by atoms with Crippen molar-refractivity contribution >= 4 is 15.5 Å². The Hall–Kier alpha value is -1.79. The van der Waals surface area contributed by atoms with Crippen LogP contribution in [0, 0.1) is 0 Å². The zero-order valence-electron chi connectivity index (χ0n) is 14.2. The van der Waals surface area contributed by atoms with Gasteiger partial charge in [-0.3, -0.25) is 0 Å². The van der Waals surface area contributed by atoms with Crippen LogP contribution in [0.5, 0.6) is 0 Å². The van der Waals surface area contributed by atoms with Crippen LogP contribution in [0.25, 0.3) is 11.3 Å². The van der Waals surface area contributed by atoms with Crippen LogP contribution in [-0.2, 0) is 14.6 Å². The quantitative estimate of drug-likeness (QED) is 0.847. The maximum atomic E-state index is 12.3. The monoisotopic (exact) mass is 349 g/mol. The van der Waals surface area contributed by atoms with Gasteiger partial charge in [0.1, 0.15) is 5.76 Å². The summed E-state index contributed by atoms with van der Waals surface area (Å²) in [5, 5.41) is 0. The molecule has 3 rings (SSSR count). The fourth-order valence-corrected chi connectivity index (χ4v) is 4.06. The molecule has 0 aliphatic carbocycles. The van der Waals surface area contributed by atoms with Crippen molar-refractivity contribution in [2.45, 2.75) is 37.9 Å². The second kappa shape index (κ2) is 6.61. The van der Waals surface area contributed by atoms with Crippen LogP contribution in [0.3, 0.4) is 0 Å². The van der Waals surface area contributed by atoms with Gasteiger partial charge in [0.05, 0.1) is 29.1 Å². The van der Waals surface area contributed by atoms with Crippen LogP contribution >= 0.6 is 0 Å². The molecule has 24 heavy (non-hydrogen) atoms. The average Bonchev–Trinajstić information content (AvgIpc) is 3.07. The number of ether oxygens (including phenoxy) is 1. The molecule has 0 amide bonds. The summed E-state index contributed by atoms with van der Waals surface area (Å²) < 4.78 is 35.9. The van der Waals surface area contributed by atoms with Gasteiger partial charge in [0, 0.05) is 24.3 Å². The van der Waals surface area contributed by atoms with Gasteiger partial charge in [0.15, 0.2) is 9.84 Å². The summed E-state index contributed by atoms with van der Waals surface area (Å²) in [5.41, 5.74) is 1.78. The van der Waals surface area contributed by atoms with E-state index in [1.807, 2.05) is 32.0 Å². The molecule has 5 nitrogen and oxygen atoms in total. The molecule has 1 aromatic heterocycles. The van der Waals surface area contributed by atoms with Gasteiger partial charge in [-0.15, -0.1) is 0 Å². The predicted molar refractivity (Wildman–Crippen MR) is 94.1 cm³/mol. The third-order valence-corrected chi connectivity index (χ3v) is 5.99. The molecular formula is C18H23NO4S. The van der Waals surface area contributed by atoms with E-state index in [9.17, 15) is 8.42 Å². The molecule has 1 saturated heterocycles. The molecule has 6 heteroatoms. The lowest BCUT2D eigenvalue weighted by Gasteiger charge is -2.37. The zero-order chi connectivity index (χ0) is 17.3. The van der Waals surface area contributed by atoms with Crippen LogP contribution in [0.15, 0.2) is 45.9 Å². The fourth-order valence-electron chi connectivity index (χ4n) is 3.15. The van der Waals surface area contributed by atoms with E-state index in [0.717, 1.165) is 24.3 Å². The van der Waals surface area contributed by atoms with Crippen molar-refractivity contribution in [2.24, 2.45) is 0 Å². The summed E-state index contributed by atoms with van der Waals surface area (Å²) in [6.07, 6.45) is 1.85. The van der Waals surface area contributed by atoms with E-state index in [0.29, 0.717) is 10.7 Å². The number of furan rings is 1. The van der Waals surface area contributed by atoms with Gasteiger partial charge in [-0.2, -0.15) is 0 Å². The normalized spacial score (nSPS) is 21.9. The van der Waals surface area contributed by atoms with Crippen LogP contribution < -0.4 is 4.90 Å². The number of rotatable bonds is 4. The number of anilines is 1. The minimum Gasteiger partial charge on any atom is -0.464 e. The molecule has 2 unspecified atom stereocenters. The van der Waals surface area contributed by atoms with E-state index in [1.165, 1.54) is 0 Å². The lowest BCUT2D eigenvalue weighted by molar-refractivity contribution is -0.00519. The van der Waals surface area contributed by atoms with Crippen molar-refractivity contribution in [2.75, 3.05) is 23.7 Å². The Morgan fingerprint density at radius 3 is 2.46 bits per heavy atom. The maximum absolute atomic E-state index is 12.3. The standard InChI is InChI=1S/C18H23NO4S/c1-4-24(20,21)15-7-8-17(16(10-15)18-6-5-9-22-18)19-11-13(2)23-14(3)12-19/h5-10,13-14H,4,11-12H2,1-3H3. The summed E-state index contributed by atoms with van der Waals surface area (Å²) in [7, 11) is -3.27. The molecule has 1 aromatic carbocycles. The number of morpholine rings is 1. The van der Waals surface area contributed by atoms with E-state index in [1.54, 1.807) is 25.3 Å². The molecule has 0 N–H and O–H groups in total. The molecule has 1 aliphatic heterocycles. The first-order chi connectivity index (χ1) is 11.4. The van der Waals surface area contributed by atoms with Crippen molar-refractivity contribution in [1.29, 1.82) is 0 Å². The zero-order valence-corrected chi connectivity index (χ0v) is 15.0. The van der Waals surface area contributed by atoms with Crippen LogP contribution in [0.2, 0.25) is 0 Å². The number of sulfone groups is 1. The van der Waals surface area contributed by atoms with Crippen LogP contribution in [0.1, 0.15) is 20.8 Å². The van der Waals surface area contributed by atoms with E-state index < -0.39 is 9.84 Å². The lowest BCUT2D eigenvalue weighted by Crippen LogP contribution is -2.45. The fraction of sp³-hybridized carbons (Fsp3) is 0.444. The summed E-state index contributed by atoms with van der Waals surface area (Å²) in [4.78, 5) is 2.56. The number of nitrogens with zero attached hydrogens (tertiary/aromatic N) is 1. The predicted octanol–water partition coefficient (Wildman–Crippen LogP) is 3.35. The molecule has 2 aromatic rings. The number of hydrogen-bond donors (Lipinski definition) is 0. The van der Waals surface area contributed by atoms with Crippen molar-refractivity contribution in [3.8, 4) is 11.3 Å². The SMILES string of the molecule is CCS(=O)(=O)c1ccc(N2CC(C)OC(C)C2)c(-c2ccco2)c1. The van der Waals surface area contributed by atoms with E-state index in [-0.39, 0.29) is 18.0 Å². The molecule has 2 heterocycles. The third-order valence-electron chi connectivity index (χ3n) is 4.25. The Morgan fingerprint density at radius 2 is 1.88 bits per heavy atom. The van der Waals surface area contributed by atoms with Crippen molar-refractivity contribution < 1.29 is 17.6 Å². The minimum absolute atomic E-state index is 0.0789. The molecule has 2 atom stereocenters. The molecule has 0 bridgehead atoms. The molecule has 0 spiro atoms. The smallest absolute Gasteiger partial charge is 0.178 e. The topological polar surface area (TPSA) is 59.8 Å². The highest BCUT2D eigenvalue weighted by atomic mass is 32.2. The minimum atomic E-state index is -3.27. The first kappa shape index (κ1) is 17.0. The van der Waals surface area contributed by atoms with E-state index in [2.05, 4.69) is 4.90 Å². The summed E-state index contributed by atoms with van der Waals surface area (Å²) in [6, 6.07) is 8.95. The molecule has 0 radical (unpaired) electrons. The van der Waals surface area contributed by atoms with Gasteiger partial charge in [-0.25, -0.2) is 8.42 Å². The average molecular weight is 349 g/mol. The van der Waals surface area contributed by atoms with Gasteiger partial charge in [0.2, 0.25) is 0 Å². The highest BCUT2D eigenvalue weighted by Gasteiger charge is 2.26. The molecule has 1 fully saturated rings. The summed E-state index contributed by atoms with van der Waals surface area (Å²) in [5.74, 6) is 0.750. The van der Waals surface area contributed by atoms with E-state index in [4.69, 9.17) is 9.15 Å². The first-order valence-electron chi connectivity index (χ1n) is 8.22. The largest absolute Gasteiger partial charge is 0.464 e. The van der Waals surface area contributed by atoms with Crippen molar-refractivity contribution in [3.05, 3.63) is 36.6 Å². The summed E-state index contributed by atoms with van der Waals surface area (Å²) >= 11 is 0. The van der Waals surface area contributed by atoms with Gasteiger partial charge >= 0.3 is 0 Å². The van der Waals surface area contributed by atoms with Crippen molar-refractivity contribution in [3.63, 3.8) is 0 Å². The maximum Gasteiger partial charge on any atom is 0.178 e. The Bertz CT molecular complexity index is 788. The molecular weight excluding hydrogens is 326 g/mol. The van der Waals surface area contributed by atoms with Crippen molar-refractivity contribution in [1.82, 2.24) is 0 Å². The summed E-state index contributed by atoms with van der Waals surface area (Å²) in [6.45, 7) is 7.27. The Labute approximate surface area is 143 Å². The van der Waals surface area contributed by atoms with E-state index >= 15 is 0 Å². The second-order valence-corrected chi connectivity index (χ2v) is 8.50. The Morgan fingerprint density at radius 1 is 1.17 bits per heavy atom. The van der Waals surface area contributed by atoms with Gasteiger partial charge in [-0.05, 0) is 44.2 Å². The van der Waals surface area contributed by atoms with Crippen LogP contribution in [0.4, 0.5) is 5.69 Å². The molecule has 130 valence electrons. The van der Waals surface area contributed by atoms with Gasteiger partial charge < -0.3 is 14.1 Å². The lowest BCUT2D eigenvalue weighted by atomic mass is 10.1. The highest BCUT2D eigenvalue weighted by molar-refractivity contribution is 7.91. The Kier molecular flexibility index (Phi) is 4.69. The van der Waals surface area contributed by atoms with Crippen LogP contribution in [-0.4, -0.2) is 39.5 Å². The number of benzene rings is 1. The molecule has 1 aliphatic rings.